The molecule has 1 heterocycles. The van der Waals surface area contributed by atoms with E-state index in [0.29, 0.717) is 28.7 Å². The van der Waals surface area contributed by atoms with Crippen LogP contribution in [0.1, 0.15) is 37.6 Å². The lowest BCUT2D eigenvalue weighted by Gasteiger charge is -2.28. The Labute approximate surface area is 190 Å². The number of carbonyl (C=O) groups excluding carboxylic acids is 2. The van der Waals surface area contributed by atoms with Crippen molar-refractivity contribution in [2.24, 2.45) is 0 Å². The summed E-state index contributed by atoms with van der Waals surface area (Å²) >= 11 is 0. The Hall–Kier alpha value is -2.90. The standard InChI is InChI=1S/C25H34N4O3/c1-5-28(6-2)21-15-16-29(17-21)18(3)24(30)26-20-13-11-19(12-14-20)25(31)27-22-9-7-8-10-23(22)32-4/h7-14,18,21H,5-6,15-17H2,1-4H3,(H,26,30)(H,27,31). The zero-order valence-corrected chi connectivity index (χ0v) is 19.4. The van der Waals surface area contributed by atoms with Crippen LogP contribution in [0.4, 0.5) is 11.4 Å². The molecule has 1 aliphatic heterocycles. The Bertz CT molecular complexity index is 912. The summed E-state index contributed by atoms with van der Waals surface area (Å²) in [6.45, 7) is 10.2. The maximum absolute atomic E-state index is 12.8. The van der Waals surface area contributed by atoms with E-state index in [4.69, 9.17) is 4.74 Å². The van der Waals surface area contributed by atoms with Gasteiger partial charge in [0, 0.05) is 30.4 Å². The van der Waals surface area contributed by atoms with Crippen molar-refractivity contribution < 1.29 is 14.3 Å². The van der Waals surface area contributed by atoms with Crippen LogP contribution in [-0.4, -0.2) is 67.0 Å². The van der Waals surface area contributed by atoms with Crippen LogP contribution in [0.15, 0.2) is 48.5 Å². The van der Waals surface area contributed by atoms with Crippen LogP contribution in [0.5, 0.6) is 5.75 Å². The predicted molar refractivity (Wildman–Crippen MR) is 128 cm³/mol. The van der Waals surface area contributed by atoms with E-state index in [1.54, 1.807) is 43.5 Å². The van der Waals surface area contributed by atoms with Gasteiger partial charge < -0.3 is 15.4 Å². The van der Waals surface area contributed by atoms with E-state index < -0.39 is 0 Å². The van der Waals surface area contributed by atoms with Crippen molar-refractivity contribution in [2.75, 3.05) is 43.9 Å². The van der Waals surface area contributed by atoms with Gasteiger partial charge in [-0.3, -0.25) is 19.4 Å². The molecule has 0 radical (unpaired) electrons. The normalized spacial score (nSPS) is 17.2. The average molecular weight is 439 g/mol. The first kappa shape index (κ1) is 23.8. The topological polar surface area (TPSA) is 73.9 Å². The molecule has 2 unspecified atom stereocenters. The number of hydrogen-bond acceptors (Lipinski definition) is 5. The number of ether oxygens (including phenoxy) is 1. The first-order valence-electron chi connectivity index (χ1n) is 11.3. The maximum Gasteiger partial charge on any atom is 0.255 e. The van der Waals surface area contributed by atoms with Crippen molar-refractivity contribution in [1.29, 1.82) is 0 Å². The number of nitrogens with one attached hydrogen (secondary N) is 2. The van der Waals surface area contributed by atoms with Crippen molar-refractivity contribution in [3.8, 4) is 5.75 Å². The summed E-state index contributed by atoms with van der Waals surface area (Å²) in [6, 6.07) is 14.5. The second kappa shape index (κ2) is 11.1. The monoisotopic (exact) mass is 438 g/mol. The van der Waals surface area contributed by atoms with E-state index in [0.717, 1.165) is 32.6 Å². The number of amides is 2. The fraction of sp³-hybridized carbons (Fsp3) is 0.440. The van der Waals surface area contributed by atoms with Crippen LogP contribution in [0.2, 0.25) is 0 Å². The second-order valence-corrected chi connectivity index (χ2v) is 8.06. The summed E-state index contributed by atoms with van der Waals surface area (Å²) in [5.41, 5.74) is 1.79. The summed E-state index contributed by atoms with van der Waals surface area (Å²) in [5, 5.41) is 5.83. The van der Waals surface area contributed by atoms with Gasteiger partial charge >= 0.3 is 0 Å². The summed E-state index contributed by atoms with van der Waals surface area (Å²) in [5.74, 6) is 0.334. The Balaban J connectivity index is 1.56. The minimum atomic E-state index is -0.236. The number of rotatable bonds is 9. The molecular formula is C25H34N4O3. The molecule has 0 aliphatic carbocycles. The lowest BCUT2D eigenvalue weighted by molar-refractivity contribution is -0.120. The van der Waals surface area contributed by atoms with Gasteiger partial charge in [0.2, 0.25) is 5.91 Å². The smallest absolute Gasteiger partial charge is 0.255 e. The molecular weight excluding hydrogens is 404 g/mol. The van der Waals surface area contributed by atoms with Crippen LogP contribution in [0, 0.1) is 0 Å². The number of methoxy groups -OCH3 is 1. The molecule has 2 atom stereocenters. The van der Waals surface area contributed by atoms with Gasteiger partial charge in [-0.25, -0.2) is 0 Å². The summed E-state index contributed by atoms with van der Waals surface area (Å²) in [4.78, 5) is 30.1. The lowest BCUT2D eigenvalue weighted by atomic mass is 10.1. The molecule has 7 heteroatoms. The fourth-order valence-electron chi connectivity index (χ4n) is 4.22. The first-order chi connectivity index (χ1) is 15.5. The summed E-state index contributed by atoms with van der Waals surface area (Å²) < 4.78 is 5.27. The van der Waals surface area contributed by atoms with E-state index in [1.807, 2.05) is 19.1 Å². The quantitative estimate of drug-likeness (QED) is 0.625. The minimum absolute atomic E-state index is 0.0311. The van der Waals surface area contributed by atoms with E-state index in [9.17, 15) is 9.59 Å². The molecule has 1 aliphatic rings. The number of nitrogens with zero attached hydrogens (tertiary/aromatic N) is 2. The Morgan fingerprint density at radius 3 is 2.44 bits per heavy atom. The van der Waals surface area contributed by atoms with Gasteiger partial charge in [0.1, 0.15) is 5.75 Å². The number of para-hydroxylation sites is 2. The first-order valence-corrected chi connectivity index (χ1v) is 11.3. The highest BCUT2D eigenvalue weighted by molar-refractivity contribution is 6.05. The van der Waals surface area contributed by atoms with E-state index in [2.05, 4.69) is 34.3 Å². The van der Waals surface area contributed by atoms with Crippen LogP contribution in [0.3, 0.4) is 0 Å². The van der Waals surface area contributed by atoms with Gasteiger partial charge in [-0.1, -0.05) is 26.0 Å². The Morgan fingerprint density at radius 1 is 1.09 bits per heavy atom. The Morgan fingerprint density at radius 2 is 1.78 bits per heavy atom. The highest BCUT2D eigenvalue weighted by Gasteiger charge is 2.31. The number of benzene rings is 2. The average Bonchev–Trinajstić information content (AvgIpc) is 3.30. The van der Waals surface area contributed by atoms with Crippen molar-refractivity contribution in [2.45, 2.75) is 39.3 Å². The molecule has 32 heavy (non-hydrogen) atoms. The third kappa shape index (κ3) is 5.66. The second-order valence-electron chi connectivity index (χ2n) is 8.06. The van der Waals surface area contributed by atoms with Crippen LogP contribution in [0.25, 0.3) is 0 Å². The lowest BCUT2D eigenvalue weighted by Crippen LogP contribution is -2.43. The predicted octanol–water partition coefficient (Wildman–Crippen LogP) is 3.69. The molecule has 1 saturated heterocycles. The van der Waals surface area contributed by atoms with Gasteiger partial charge in [0.05, 0.1) is 18.8 Å². The molecule has 2 aromatic carbocycles. The van der Waals surface area contributed by atoms with Gasteiger partial charge in [0.25, 0.3) is 5.91 Å². The van der Waals surface area contributed by atoms with Gasteiger partial charge in [-0.05, 0) is 62.8 Å². The maximum atomic E-state index is 12.8. The molecule has 2 N–H and O–H groups in total. The Kier molecular flexibility index (Phi) is 8.25. The zero-order valence-electron chi connectivity index (χ0n) is 19.4. The van der Waals surface area contributed by atoms with Crippen molar-refractivity contribution in [3.63, 3.8) is 0 Å². The van der Waals surface area contributed by atoms with E-state index in [-0.39, 0.29) is 17.9 Å². The third-order valence-corrected chi connectivity index (χ3v) is 6.22. The number of carbonyl (C=O) groups is 2. The van der Waals surface area contributed by atoms with E-state index >= 15 is 0 Å². The molecule has 0 spiro atoms. The van der Waals surface area contributed by atoms with Gasteiger partial charge in [-0.15, -0.1) is 0 Å². The molecule has 1 fully saturated rings. The molecule has 3 rings (SSSR count). The zero-order chi connectivity index (χ0) is 23.1. The number of hydrogen-bond donors (Lipinski definition) is 2. The van der Waals surface area contributed by atoms with Crippen LogP contribution in [-0.2, 0) is 4.79 Å². The largest absolute Gasteiger partial charge is 0.495 e. The molecule has 2 aromatic rings. The number of anilines is 2. The van der Waals surface area contributed by atoms with Gasteiger partial charge in [-0.2, -0.15) is 0 Å². The number of likely N-dealkylation sites (tertiary alicyclic amines) is 1. The van der Waals surface area contributed by atoms with Crippen LogP contribution < -0.4 is 15.4 Å². The minimum Gasteiger partial charge on any atom is -0.495 e. The van der Waals surface area contributed by atoms with Gasteiger partial charge in [0.15, 0.2) is 0 Å². The SMILES string of the molecule is CCN(CC)C1CCN(C(C)C(=O)Nc2ccc(C(=O)Nc3ccccc3OC)cc2)C1. The van der Waals surface area contributed by atoms with Crippen molar-refractivity contribution in [1.82, 2.24) is 9.80 Å². The molecule has 2 amide bonds. The number of likely N-dealkylation sites (N-methyl/N-ethyl adjacent to an activating group) is 1. The third-order valence-electron chi connectivity index (χ3n) is 6.22. The molecule has 0 bridgehead atoms. The molecule has 172 valence electrons. The van der Waals surface area contributed by atoms with E-state index in [1.165, 1.54) is 0 Å². The van der Waals surface area contributed by atoms with Crippen molar-refractivity contribution >= 4 is 23.2 Å². The molecule has 7 nitrogen and oxygen atoms in total. The summed E-state index contributed by atoms with van der Waals surface area (Å²) in [7, 11) is 1.56. The summed E-state index contributed by atoms with van der Waals surface area (Å²) in [6.07, 6.45) is 1.09. The highest BCUT2D eigenvalue weighted by atomic mass is 16.5. The highest BCUT2D eigenvalue weighted by Crippen LogP contribution is 2.24. The molecule has 0 saturated carbocycles. The van der Waals surface area contributed by atoms with Crippen LogP contribution >= 0.6 is 0 Å². The fourth-order valence-corrected chi connectivity index (χ4v) is 4.22. The molecule has 0 aromatic heterocycles. The van der Waals surface area contributed by atoms with Crippen molar-refractivity contribution in [3.05, 3.63) is 54.1 Å².